The van der Waals surface area contributed by atoms with E-state index in [1.165, 1.54) is 0 Å². The molecule has 0 amide bonds. The fraction of sp³-hybridized carbons (Fsp3) is 0.619. The molecule has 0 saturated carbocycles. The van der Waals surface area contributed by atoms with Gasteiger partial charge < -0.3 is 24.8 Å². The molecule has 166 valence electrons. The van der Waals surface area contributed by atoms with Crippen LogP contribution in [0.5, 0.6) is 5.75 Å². The van der Waals surface area contributed by atoms with Crippen molar-refractivity contribution in [3.05, 3.63) is 29.3 Å². The van der Waals surface area contributed by atoms with E-state index in [9.17, 15) is 4.79 Å². The van der Waals surface area contributed by atoms with Gasteiger partial charge in [-0.1, -0.05) is 12.1 Å². The number of aliphatic imine (C=N–C) groups is 1. The van der Waals surface area contributed by atoms with E-state index in [1.807, 2.05) is 26.8 Å². The Hall–Kier alpha value is -1.55. The van der Waals surface area contributed by atoms with Gasteiger partial charge in [-0.05, 0) is 38.8 Å². The minimum Gasteiger partial charge on any atom is -0.493 e. The maximum atomic E-state index is 11.4. The van der Waals surface area contributed by atoms with Crippen LogP contribution in [0.25, 0.3) is 0 Å². The van der Waals surface area contributed by atoms with E-state index in [4.69, 9.17) is 14.2 Å². The van der Waals surface area contributed by atoms with Crippen LogP contribution >= 0.6 is 24.0 Å². The van der Waals surface area contributed by atoms with Gasteiger partial charge in [0.05, 0.1) is 19.8 Å². The Morgan fingerprint density at radius 3 is 2.62 bits per heavy atom. The van der Waals surface area contributed by atoms with Gasteiger partial charge in [0.25, 0.3) is 0 Å². The van der Waals surface area contributed by atoms with Crippen LogP contribution < -0.4 is 15.4 Å². The second-order valence-electron chi connectivity index (χ2n) is 6.34. The summed E-state index contributed by atoms with van der Waals surface area (Å²) in [7, 11) is 1.69. The minimum absolute atomic E-state index is 0. The predicted molar refractivity (Wildman–Crippen MR) is 127 cm³/mol. The second-order valence-corrected chi connectivity index (χ2v) is 6.34. The number of ether oxygens (including phenoxy) is 3. The zero-order chi connectivity index (χ0) is 20.6. The summed E-state index contributed by atoms with van der Waals surface area (Å²) in [5, 5.41) is 6.48. The highest BCUT2D eigenvalue weighted by Crippen LogP contribution is 2.21. The third kappa shape index (κ3) is 12.6. The minimum atomic E-state index is -0.166. The van der Waals surface area contributed by atoms with Gasteiger partial charge in [0.1, 0.15) is 5.75 Å². The number of benzene rings is 1. The van der Waals surface area contributed by atoms with E-state index in [1.54, 1.807) is 7.11 Å². The summed E-state index contributed by atoms with van der Waals surface area (Å²) < 4.78 is 15.9. The van der Waals surface area contributed by atoms with Gasteiger partial charge >= 0.3 is 5.97 Å². The van der Waals surface area contributed by atoms with Crippen LogP contribution in [0.15, 0.2) is 23.2 Å². The SMILES string of the molecule is CCNC(=NCc1ccc(C)cc1OCCCOC)NCCCC(=O)OCC.I. The molecule has 1 aromatic rings. The lowest BCUT2D eigenvalue weighted by Crippen LogP contribution is -2.37. The molecule has 0 unspecified atom stereocenters. The molecule has 2 N–H and O–H groups in total. The summed E-state index contributed by atoms with van der Waals surface area (Å²) in [5.74, 6) is 1.41. The zero-order valence-electron chi connectivity index (χ0n) is 18.1. The molecular formula is C21H36IN3O4. The standard InChI is InChI=1S/C21H35N3O4.HI/c1-5-22-21(23-12-7-9-20(25)27-6-2)24-16-18-11-10-17(3)15-19(18)28-14-8-13-26-4;/h10-11,15H,5-9,12-14,16H2,1-4H3,(H2,22,23,24);1H. The van der Waals surface area contributed by atoms with E-state index < -0.39 is 0 Å². The summed E-state index contributed by atoms with van der Waals surface area (Å²) in [6.45, 7) is 9.51. The molecule has 0 bridgehead atoms. The van der Waals surface area contributed by atoms with E-state index >= 15 is 0 Å². The Kier molecular flexibility index (Phi) is 16.4. The van der Waals surface area contributed by atoms with E-state index in [0.29, 0.717) is 45.8 Å². The highest BCUT2D eigenvalue weighted by molar-refractivity contribution is 14.0. The molecule has 0 radical (unpaired) electrons. The molecule has 0 heterocycles. The molecule has 0 aliphatic rings. The van der Waals surface area contributed by atoms with Gasteiger partial charge in [-0.2, -0.15) is 0 Å². The van der Waals surface area contributed by atoms with Crippen molar-refractivity contribution in [1.82, 2.24) is 10.6 Å². The van der Waals surface area contributed by atoms with Crippen LogP contribution in [0.1, 0.15) is 44.2 Å². The normalized spacial score (nSPS) is 10.8. The Morgan fingerprint density at radius 2 is 1.93 bits per heavy atom. The lowest BCUT2D eigenvalue weighted by Gasteiger charge is -2.13. The molecule has 0 aliphatic carbocycles. The fourth-order valence-corrected chi connectivity index (χ4v) is 2.49. The molecule has 29 heavy (non-hydrogen) atoms. The summed E-state index contributed by atoms with van der Waals surface area (Å²) in [5.41, 5.74) is 2.19. The molecule has 0 atom stereocenters. The van der Waals surface area contributed by atoms with Crippen molar-refractivity contribution in [3.8, 4) is 5.75 Å². The zero-order valence-corrected chi connectivity index (χ0v) is 20.4. The topological polar surface area (TPSA) is 81.2 Å². The second kappa shape index (κ2) is 17.3. The Labute approximate surface area is 192 Å². The quantitative estimate of drug-likeness (QED) is 0.136. The molecule has 1 rings (SSSR count). The Bertz CT molecular complexity index is 612. The maximum absolute atomic E-state index is 11.4. The average molecular weight is 521 g/mol. The van der Waals surface area contributed by atoms with Crippen LogP contribution in [-0.4, -0.2) is 51.9 Å². The number of esters is 1. The first-order valence-corrected chi connectivity index (χ1v) is 9.99. The van der Waals surface area contributed by atoms with Gasteiger partial charge in [-0.3, -0.25) is 4.79 Å². The molecule has 0 saturated heterocycles. The summed E-state index contributed by atoms with van der Waals surface area (Å²) in [4.78, 5) is 16.0. The molecule has 0 aromatic heterocycles. The predicted octanol–water partition coefficient (Wildman–Crippen LogP) is 3.43. The molecule has 7 nitrogen and oxygen atoms in total. The summed E-state index contributed by atoms with van der Waals surface area (Å²) >= 11 is 0. The number of aryl methyl sites for hydroxylation is 1. The van der Waals surface area contributed by atoms with E-state index in [0.717, 1.165) is 35.8 Å². The third-order valence-corrected chi connectivity index (χ3v) is 3.88. The lowest BCUT2D eigenvalue weighted by atomic mass is 10.1. The van der Waals surface area contributed by atoms with Crippen LogP contribution in [0.4, 0.5) is 0 Å². The average Bonchev–Trinajstić information content (AvgIpc) is 2.68. The van der Waals surface area contributed by atoms with Crippen LogP contribution in [-0.2, 0) is 20.8 Å². The lowest BCUT2D eigenvalue weighted by molar-refractivity contribution is -0.143. The van der Waals surface area contributed by atoms with Gasteiger partial charge in [-0.15, -0.1) is 24.0 Å². The van der Waals surface area contributed by atoms with E-state index in [2.05, 4.69) is 27.8 Å². The third-order valence-electron chi connectivity index (χ3n) is 3.88. The van der Waals surface area contributed by atoms with Gasteiger partial charge in [0.15, 0.2) is 5.96 Å². The fourth-order valence-electron chi connectivity index (χ4n) is 2.49. The summed E-state index contributed by atoms with van der Waals surface area (Å²) in [6, 6.07) is 6.15. The number of carbonyl (C=O) groups excluding carboxylic acids is 1. The number of rotatable bonds is 13. The van der Waals surface area contributed by atoms with Crippen molar-refractivity contribution in [2.75, 3.05) is 40.0 Å². The number of carbonyl (C=O) groups is 1. The number of hydrogen-bond acceptors (Lipinski definition) is 5. The van der Waals surface area contributed by atoms with Crippen LogP contribution in [0.2, 0.25) is 0 Å². The molecule has 0 spiro atoms. The first-order chi connectivity index (χ1) is 13.6. The first kappa shape index (κ1) is 27.5. The number of nitrogens with one attached hydrogen (secondary N) is 2. The van der Waals surface area contributed by atoms with Crippen LogP contribution in [0.3, 0.4) is 0 Å². The Balaban J connectivity index is 0.00000784. The van der Waals surface area contributed by atoms with Crippen molar-refractivity contribution in [2.45, 2.75) is 46.6 Å². The highest BCUT2D eigenvalue weighted by Gasteiger charge is 2.06. The van der Waals surface area contributed by atoms with Crippen molar-refractivity contribution >= 4 is 35.9 Å². The summed E-state index contributed by atoms with van der Waals surface area (Å²) in [6.07, 6.45) is 1.94. The van der Waals surface area contributed by atoms with E-state index in [-0.39, 0.29) is 29.9 Å². The number of hydrogen-bond donors (Lipinski definition) is 2. The van der Waals surface area contributed by atoms with Crippen molar-refractivity contribution < 1.29 is 19.0 Å². The van der Waals surface area contributed by atoms with Crippen LogP contribution in [0, 0.1) is 6.92 Å². The monoisotopic (exact) mass is 521 g/mol. The molecule has 0 fully saturated rings. The number of halogens is 1. The maximum Gasteiger partial charge on any atom is 0.305 e. The highest BCUT2D eigenvalue weighted by atomic mass is 127. The molecule has 1 aromatic carbocycles. The van der Waals surface area contributed by atoms with Gasteiger partial charge in [-0.25, -0.2) is 4.99 Å². The van der Waals surface area contributed by atoms with Gasteiger partial charge in [0, 0.05) is 45.2 Å². The van der Waals surface area contributed by atoms with Crippen molar-refractivity contribution in [3.63, 3.8) is 0 Å². The molecular weight excluding hydrogens is 485 g/mol. The largest absolute Gasteiger partial charge is 0.493 e. The first-order valence-electron chi connectivity index (χ1n) is 9.99. The number of nitrogens with zero attached hydrogens (tertiary/aromatic N) is 1. The number of methoxy groups -OCH3 is 1. The Morgan fingerprint density at radius 1 is 1.14 bits per heavy atom. The smallest absolute Gasteiger partial charge is 0.305 e. The molecule has 0 aliphatic heterocycles. The van der Waals surface area contributed by atoms with Crippen molar-refractivity contribution in [2.24, 2.45) is 4.99 Å². The molecule has 8 heteroatoms. The van der Waals surface area contributed by atoms with Crippen molar-refractivity contribution in [1.29, 1.82) is 0 Å². The van der Waals surface area contributed by atoms with Gasteiger partial charge in [0.2, 0.25) is 0 Å². The number of guanidine groups is 1.